The molecule has 0 bridgehead atoms. The fraction of sp³-hybridized carbons (Fsp3) is 0.538. The van der Waals surface area contributed by atoms with Crippen molar-refractivity contribution >= 4 is 23.4 Å². The summed E-state index contributed by atoms with van der Waals surface area (Å²) in [6, 6.07) is 3.97. The highest BCUT2D eigenvalue weighted by Crippen LogP contribution is 2.39. The first-order chi connectivity index (χ1) is 8.70. The molecule has 2 rings (SSSR count). The van der Waals surface area contributed by atoms with Gasteiger partial charge >= 0.3 is 0 Å². The molecule has 0 fully saturated rings. The molecule has 2 N–H and O–H groups in total. The lowest BCUT2D eigenvalue weighted by atomic mass is 10.2. The minimum atomic E-state index is 0.544. The molecule has 0 saturated carbocycles. The number of nitrogens with two attached hydrogens (primary N) is 1. The third kappa shape index (κ3) is 3.46. The Morgan fingerprint density at radius 1 is 1.39 bits per heavy atom. The van der Waals surface area contributed by atoms with Gasteiger partial charge in [0.15, 0.2) is 11.5 Å². The Hall–Kier alpha value is -0.580. The Morgan fingerprint density at radius 3 is 2.94 bits per heavy atom. The van der Waals surface area contributed by atoms with Crippen LogP contribution in [0, 0.1) is 5.92 Å². The number of fused-ring (bicyclic) bond motifs is 1. The largest absolute Gasteiger partial charge is 0.486 e. The van der Waals surface area contributed by atoms with Gasteiger partial charge in [-0.1, -0.05) is 18.5 Å². The molecule has 1 unspecified atom stereocenters. The van der Waals surface area contributed by atoms with E-state index in [9.17, 15) is 0 Å². The Balaban J connectivity index is 1.99. The summed E-state index contributed by atoms with van der Waals surface area (Å²) in [5.41, 5.74) is 6.76. The maximum Gasteiger partial charge on any atom is 0.179 e. The van der Waals surface area contributed by atoms with Crippen LogP contribution in [0.25, 0.3) is 0 Å². The van der Waals surface area contributed by atoms with Crippen LogP contribution in [-0.4, -0.2) is 25.5 Å². The van der Waals surface area contributed by atoms with Crippen molar-refractivity contribution in [3.8, 4) is 11.5 Å². The van der Waals surface area contributed by atoms with Gasteiger partial charge in [-0.25, -0.2) is 0 Å². The van der Waals surface area contributed by atoms with Crippen LogP contribution in [0.3, 0.4) is 0 Å². The molecular weight excluding hydrogens is 270 g/mol. The van der Waals surface area contributed by atoms with Gasteiger partial charge in [-0.2, -0.15) is 11.8 Å². The van der Waals surface area contributed by atoms with Gasteiger partial charge in [-0.05, 0) is 35.9 Å². The molecule has 0 saturated heterocycles. The topological polar surface area (TPSA) is 44.5 Å². The van der Waals surface area contributed by atoms with E-state index in [4.69, 9.17) is 26.8 Å². The van der Waals surface area contributed by atoms with Gasteiger partial charge in [-0.15, -0.1) is 0 Å². The van der Waals surface area contributed by atoms with Crippen LogP contribution < -0.4 is 15.2 Å². The zero-order chi connectivity index (χ0) is 13.0. The summed E-state index contributed by atoms with van der Waals surface area (Å²) >= 11 is 8.05. The van der Waals surface area contributed by atoms with Crippen molar-refractivity contribution in [1.82, 2.24) is 0 Å². The van der Waals surface area contributed by atoms with Crippen LogP contribution in [0.5, 0.6) is 11.5 Å². The minimum absolute atomic E-state index is 0.544. The van der Waals surface area contributed by atoms with Crippen molar-refractivity contribution < 1.29 is 9.47 Å². The smallest absolute Gasteiger partial charge is 0.179 e. The molecule has 1 aromatic carbocycles. The van der Waals surface area contributed by atoms with Gasteiger partial charge < -0.3 is 15.2 Å². The molecule has 100 valence electrons. The van der Waals surface area contributed by atoms with E-state index in [1.54, 1.807) is 0 Å². The van der Waals surface area contributed by atoms with Gasteiger partial charge in [0.25, 0.3) is 0 Å². The maximum atomic E-state index is 6.18. The zero-order valence-corrected chi connectivity index (χ0v) is 12.0. The van der Waals surface area contributed by atoms with Gasteiger partial charge in [0, 0.05) is 5.75 Å². The molecule has 5 heteroatoms. The first-order valence-electron chi connectivity index (χ1n) is 6.06. The lowest BCUT2D eigenvalue weighted by molar-refractivity contribution is 0.171. The highest BCUT2D eigenvalue weighted by atomic mass is 35.5. The third-order valence-electron chi connectivity index (χ3n) is 2.73. The quantitative estimate of drug-likeness (QED) is 0.904. The number of ether oxygens (including phenoxy) is 2. The number of halogens is 1. The lowest BCUT2D eigenvalue weighted by Gasteiger charge is -2.20. The van der Waals surface area contributed by atoms with E-state index in [0.717, 1.165) is 23.8 Å². The lowest BCUT2D eigenvalue weighted by Crippen LogP contribution is -2.16. The van der Waals surface area contributed by atoms with Crippen molar-refractivity contribution in [2.24, 2.45) is 11.7 Å². The monoisotopic (exact) mass is 287 g/mol. The summed E-state index contributed by atoms with van der Waals surface area (Å²) < 4.78 is 11.0. The van der Waals surface area contributed by atoms with Crippen molar-refractivity contribution in [1.29, 1.82) is 0 Å². The summed E-state index contributed by atoms with van der Waals surface area (Å²) in [5, 5.41) is 0.634. The van der Waals surface area contributed by atoms with Crippen LogP contribution in [0.15, 0.2) is 12.1 Å². The molecule has 1 aliphatic rings. The summed E-state index contributed by atoms with van der Waals surface area (Å²) in [5.74, 6) is 3.95. The van der Waals surface area contributed by atoms with E-state index < -0.39 is 0 Å². The number of hydrogen-bond donors (Lipinski definition) is 1. The molecule has 0 aromatic heterocycles. The number of rotatable bonds is 5. The molecule has 0 spiro atoms. The Morgan fingerprint density at radius 2 is 2.17 bits per heavy atom. The van der Waals surface area contributed by atoms with E-state index in [-0.39, 0.29) is 0 Å². The summed E-state index contributed by atoms with van der Waals surface area (Å²) in [7, 11) is 0. The molecule has 3 nitrogen and oxygen atoms in total. The zero-order valence-electron chi connectivity index (χ0n) is 10.4. The first-order valence-corrected chi connectivity index (χ1v) is 7.59. The van der Waals surface area contributed by atoms with Crippen molar-refractivity contribution in [2.45, 2.75) is 12.7 Å². The standard InChI is InChI=1S/C13H18ClNO2S/c1-9(6-15)7-18-8-10-4-11(14)13-12(5-10)16-2-3-17-13/h4-5,9H,2-3,6-8,15H2,1H3. The molecule has 1 heterocycles. The van der Waals surface area contributed by atoms with Gasteiger partial charge in [-0.3, -0.25) is 0 Å². The van der Waals surface area contributed by atoms with Gasteiger partial charge in [0.2, 0.25) is 0 Å². The normalized spacial score (nSPS) is 15.5. The summed E-state index contributed by atoms with van der Waals surface area (Å²) in [6.07, 6.45) is 0. The Bertz CT molecular complexity index is 414. The van der Waals surface area contributed by atoms with Crippen molar-refractivity contribution in [3.05, 3.63) is 22.7 Å². The highest BCUT2D eigenvalue weighted by molar-refractivity contribution is 7.98. The Labute approximate surface area is 117 Å². The van der Waals surface area contributed by atoms with E-state index >= 15 is 0 Å². The average Bonchev–Trinajstić information content (AvgIpc) is 2.38. The fourth-order valence-corrected chi connectivity index (χ4v) is 3.04. The SMILES string of the molecule is CC(CN)CSCc1cc(Cl)c2c(c1)OCCO2. The molecule has 0 radical (unpaired) electrons. The summed E-state index contributed by atoms with van der Waals surface area (Å²) in [6.45, 7) is 4.04. The van der Waals surface area contributed by atoms with E-state index in [1.165, 1.54) is 5.56 Å². The molecule has 1 aliphatic heterocycles. The van der Waals surface area contributed by atoms with Crippen molar-refractivity contribution in [3.63, 3.8) is 0 Å². The average molecular weight is 288 g/mol. The van der Waals surface area contributed by atoms with Crippen LogP contribution in [-0.2, 0) is 5.75 Å². The molecule has 1 aromatic rings. The predicted molar refractivity (Wildman–Crippen MR) is 76.8 cm³/mol. The predicted octanol–water partition coefficient (Wildman–Crippen LogP) is 2.94. The molecule has 1 atom stereocenters. The maximum absolute atomic E-state index is 6.18. The second-order valence-corrected chi connectivity index (χ2v) is 5.90. The van der Waals surface area contributed by atoms with Crippen LogP contribution in [0.1, 0.15) is 12.5 Å². The van der Waals surface area contributed by atoms with Crippen molar-refractivity contribution in [2.75, 3.05) is 25.5 Å². The van der Waals surface area contributed by atoms with E-state index in [0.29, 0.717) is 29.9 Å². The second-order valence-electron chi connectivity index (χ2n) is 4.46. The number of hydrogen-bond acceptors (Lipinski definition) is 4. The molecular formula is C13H18ClNO2S. The number of thioether (sulfide) groups is 1. The Kier molecular flexibility index (Phi) is 5.03. The molecule has 18 heavy (non-hydrogen) atoms. The van der Waals surface area contributed by atoms with Gasteiger partial charge in [0.1, 0.15) is 13.2 Å². The molecule has 0 aliphatic carbocycles. The second kappa shape index (κ2) is 6.55. The number of benzene rings is 1. The van der Waals surface area contributed by atoms with E-state index in [2.05, 4.69) is 6.92 Å². The first kappa shape index (κ1) is 13.8. The van der Waals surface area contributed by atoms with E-state index in [1.807, 2.05) is 23.9 Å². The third-order valence-corrected chi connectivity index (χ3v) is 4.35. The fourth-order valence-electron chi connectivity index (χ4n) is 1.69. The minimum Gasteiger partial charge on any atom is -0.486 e. The van der Waals surface area contributed by atoms with Crippen LogP contribution >= 0.6 is 23.4 Å². The summed E-state index contributed by atoms with van der Waals surface area (Å²) in [4.78, 5) is 0. The van der Waals surface area contributed by atoms with Gasteiger partial charge in [0.05, 0.1) is 5.02 Å². The van der Waals surface area contributed by atoms with Crippen LogP contribution in [0.4, 0.5) is 0 Å². The van der Waals surface area contributed by atoms with Crippen LogP contribution in [0.2, 0.25) is 5.02 Å². The highest BCUT2D eigenvalue weighted by Gasteiger charge is 2.16. The molecule has 0 amide bonds.